The summed E-state index contributed by atoms with van der Waals surface area (Å²) in [6.07, 6.45) is 0.337. The Morgan fingerprint density at radius 3 is 2.68 bits per heavy atom. The van der Waals surface area contributed by atoms with Gasteiger partial charge in [-0.15, -0.1) is 11.8 Å². The molecule has 0 saturated heterocycles. The van der Waals surface area contributed by atoms with E-state index in [2.05, 4.69) is 5.32 Å². The van der Waals surface area contributed by atoms with Crippen LogP contribution in [0.25, 0.3) is 0 Å². The molecule has 4 nitrogen and oxygen atoms in total. The molecule has 0 aromatic heterocycles. The Labute approximate surface area is 125 Å². The first-order valence-electron chi connectivity index (χ1n) is 5.54. The number of amides is 1. The highest BCUT2D eigenvalue weighted by molar-refractivity contribution is 8.00. The fraction of sp³-hybridized carbons (Fsp3) is 0.333. The maximum Gasteiger partial charge on any atom is 0.326 e. The third kappa shape index (κ3) is 5.30. The van der Waals surface area contributed by atoms with Gasteiger partial charge in [0.05, 0.1) is 10.8 Å². The number of hydrogen-bond donors (Lipinski definition) is 2. The molecule has 7 heteroatoms. The average molecular weight is 322 g/mol. The normalized spacial score (nSPS) is 11.9. The Morgan fingerprint density at radius 2 is 2.11 bits per heavy atom. The number of rotatable bonds is 6. The van der Waals surface area contributed by atoms with E-state index in [0.29, 0.717) is 21.4 Å². The summed E-state index contributed by atoms with van der Waals surface area (Å²) in [6, 6.07) is 4.11. The molecule has 1 atom stereocenters. The molecule has 1 aromatic rings. The minimum Gasteiger partial charge on any atom is -0.480 e. The molecule has 0 radical (unpaired) electrons. The summed E-state index contributed by atoms with van der Waals surface area (Å²) in [5, 5.41) is 12.3. The van der Waals surface area contributed by atoms with Crippen molar-refractivity contribution in [2.75, 3.05) is 5.75 Å². The second-order valence-corrected chi connectivity index (χ2v) is 5.59. The van der Waals surface area contributed by atoms with Gasteiger partial charge in [0.1, 0.15) is 6.04 Å². The second kappa shape index (κ2) is 7.62. The maximum absolute atomic E-state index is 11.6. The van der Waals surface area contributed by atoms with Crippen molar-refractivity contribution in [3.63, 3.8) is 0 Å². The minimum atomic E-state index is -1.04. The van der Waals surface area contributed by atoms with E-state index in [1.165, 1.54) is 11.8 Å². The van der Waals surface area contributed by atoms with Gasteiger partial charge in [-0.2, -0.15) is 0 Å². The molecule has 1 aromatic carbocycles. The van der Waals surface area contributed by atoms with Crippen LogP contribution < -0.4 is 5.32 Å². The largest absolute Gasteiger partial charge is 0.480 e. The van der Waals surface area contributed by atoms with Crippen LogP contribution in [0.3, 0.4) is 0 Å². The van der Waals surface area contributed by atoms with E-state index in [1.807, 2.05) is 0 Å². The lowest BCUT2D eigenvalue weighted by Gasteiger charge is -2.12. The lowest BCUT2D eigenvalue weighted by molar-refractivity contribution is -0.141. The van der Waals surface area contributed by atoms with Crippen LogP contribution in [0.15, 0.2) is 23.1 Å². The number of nitrogens with one attached hydrogen (secondary N) is 1. The van der Waals surface area contributed by atoms with Crippen LogP contribution in [0, 0.1) is 0 Å². The molecular weight excluding hydrogens is 309 g/mol. The predicted octanol–water partition coefficient (Wildman–Crippen LogP) is 3.06. The van der Waals surface area contributed by atoms with Gasteiger partial charge >= 0.3 is 5.97 Å². The summed E-state index contributed by atoms with van der Waals surface area (Å²) < 4.78 is 0. The van der Waals surface area contributed by atoms with Gasteiger partial charge in [-0.3, -0.25) is 4.79 Å². The lowest BCUT2D eigenvalue weighted by atomic mass is 10.2. The highest BCUT2D eigenvalue weighted by Crippen LogP contribution is 2.29. The van der Waals surface area contributed by atoms with Crippen LogP contribution >= 0.6 is 35.0 Å². The monoisotopic (exact) mass is 321 g/mol. The third-order valence-electron chi connectivity index (χ3n) is 2.29. The molecule has 0 aliphatic rings. The van der Waals surface area contributed by atoms with Gasteiger partial charge < -0.3 is 10.4 Å². The van der Waals surface area contributed by atoms with Crippen molar-refractivity contribution in [2.45, 2.75) is 24.3 Å². The van der Waals surface area contributed by atoms with Crippen LogP contribution in [-0.4, -0.2) is 28.8 Å². The number of halogens is 2. The van der Waals surface area contributed by atoms with Crippen molar-refractivity contribution in [2.24, 2.45) is 0 Å². The van der Waals surface area contributed by atoms with Gasteiger partial charge in [0.25, 0.3) is 0 Å². The fourth-order valence-electron chi connectivity index (χ4n) is 1.31. The zero-order chi connectivity index (χ0) is 14.4. The van der Waals surface area contributed by atoms with E-state index in [0.717, 1.165) is 0 Å². The number of carbonyl (C=O) groups is 2. The van der Waals surface area contributed by atoms with Crippen molar-refractivity contribution in [3.8, 4) is 0 Å². The van der Waals surface area contributed by atoms with Crippen molar-refractivity contribution >= 4 is 46.8 Å². The molecule has 1 rings (SSSR count). The number of thioether (sulfide) groups is 1. The summed E-state index contributed by atoms with van der Waals surface area (Å²) >= 11 is 13.0. The Bertz CT molecular complexity index is 482. The summed E-state index contributed by atoms with van der Waals surface area (Å²) in [5.41, 5.74) is 0. The number of carboxylic acids is 1. The van der Waals surface area contributed by atoms with Crippen LogP contribution in [0.4, 0.5) is 0 Å². The second-order valence-electron chi connectivity index (χ2n) is 3.73. The summed E-state index contributed by atoms with van der Waals surface area (Å²) in [4.78, 5) is 23.1. The molecule has 0 saturated carbocycles. The van der Waals surface area contributed by atoms with Gasteiger partial charge in [0, 0.05) is 9.92 Å². The first-order valence-corrected chi connectivity index (χ1v) is 7.28. The predicted molar refractivity (Wildman–Crippen MR) is 77.0 cm³/mol. The quantitative estimate of drug-likeness (QED) is 0.790. The smallest absolute Gasteiger partial charge is 0.326 e. The molecule has 19 heavy (non-hydrogen) atoms. The van der Waals surface area contributed by atoms with E-state index < -0.39 is 12.0 Å². The van der Waals surface area contributed by atoms with Crippen molar-refractivity contribution in [1.82, 2.24) is 5.32 Å². The van der Waals surface area contributed by atoms with Gasteiger partial charge in [0.2, 0.25) is 5.91 Å². The molecule has 1 amide bonds. The topological polar surface area (TPSA) is 66.4 Å². The van der Waals surface area contributed by atoms with Gasteiger partial charge in [-0.05, 0) is 24.6 Å². The zero-order valence-corrected chi connectivity index (χ0v) is 12.5. The maximum atomic E-state index is 11.6. The van der Waals surface area contributed by atoms with Gasteiger partial charge in [-0.25, -0.2) is 4.79 Å². The first-order chi connectivity index (χ1) is 8.93. The van der Waals surface area contributed by atoms with E-state index in [1.54, 1.807) is 25.1 Å². The Morgan fingerprint density at radius 1 is 1.42 bits per heavy atom. The number of benzene rings is 1. The molecule has 0 unspecified atom stereocenters. The SMILES string of the molecule is CC[C@@H](NC(=O)CSc1cc(Cl)ccc1Cl)C(=O)O. The molecule has 0 spiro atoms. The van der Waals surface area contributed by atoms with E-state index in [-0.39, 0.29) is 11.7 Å². The summed E-state index contributed by atoms with van der Waals surface area (Å²) in [6.45, 7) is 1.69. The Balaban J connectivity index is 2.54. The minimum absolute atomic E-state index is 0.0871. The van der Waals surface area contributed by atoms with Crippen molar-refractivity contribution in [3.05, 3.63) is 28.2 Å². The van der Waals surface area contributed by atoms with Gasteiger partial charge in [0.15, 0.2) is 0 Å². The molecule has 0 heterocycles. The van der Waals surface area contributed by atoms with E-state index in [4.69, 9.17) is 28.3 Å². The highest BCUT2D eigenvalue weighted by atomic mass is 35.5. The summed E-state index contributed by atoms with van der Waals surface area (Å²) in [7, 11) is 0. The lowest BCUT2D eigenvalue weighted by Crippen LogP contribution is -2.41. The zero-order valence-electron chi connectivity index (χ0n) is 10.2. The van der Waals surface area contributed by atoms with E-state index in [9.17, 15) is 9.59 Å². The van der Waals surface area contributed by atoms with Crippen LogP contribution in [0.1, 0.15) is 13.3 Å². The van der Waals surface area contributed by atoms with E-state index >= 15 is 0 Å². The molecule has 0 bridgehead atoms. The van der Waals surface area contributed by atoms with Crippen molar-refractivity contribution < 1.29 is 14.7 Å². The number of hydrogen-bond acceptors (Lipinski definition) is 3. The number of carboxylic acid groups (broad SMARTS) is 1. The van der Waals surface area contributed by atoms with Crippen LogP contribution in [0.5, 0.6) is 0 Å². The fourth-order valence-corrected chi connectivity index (χ4v) is 2.61. The molecule has 0 aliphatic heterocycles. The number of carbonyl (C=O) groups excluding carboxylic acids is 1. The number of aliphatic carboxylic acids is 1. The molecule has 2 N–H and O–H groups in total. The Hall–Kier alpha value is -0.910. The first kappa shape index (κ1) is 16.1. The highest BCUT2D eigenvalue weighted by Gasteiger charge is 2.17. The van der Waals surface area contributed by atoms with Gasteiger partial charge in [-0.1, -0.05) is 30.1 Å². The van der Waals surface area contributed by atoms with Crippen LogP contribution in [-0.2, 0) is 9.59 Å². The molecule has 0 aliphatic carbocycles. The molecule has 0 fully saturated rings. The average Bonchev–Trinajstić information content (AvgIpc) is 2.36. The van der Waals surface area contributed by atoms with Crippen molar-refractivity contribution in [1.29, 1.82) is 0 Å². The summed E-state index contributed by atoms with van der Waals surface area (Å²) in [5.74, 6) is -1.30. The molecular formula is C12H13Cl2NO3S. The standard InChI is InChI=1S/C12H13Cl2NO3S/c1-2-9(12(17)18)15-11(16)6-19-10-5-7(13)3-4-8(10)14/h3-5,9H,2,6H2,1H3,(H,15,16)(H,17,18)/t9-/m1/s1. The Kier molecular flexibility index (Phi) is 6.48. The third-order valence-corrected chi connectivity index (χ3v) is 4.03. The molecule has 104 valence electrons. The van der Waals surface area contributed by atoms with Crippen LogP contribution in [0.2, 0.25) is 10.0 Å².